The number of nitrogens with one attached hydrogen (secondary N) is 1. The fourth-order valence-electron chi connectivity index (χ4n) is 0.339. The van der Waals surface area contributed by atoms with Gasteiger partial charge in [0, 0.05) is 6.08 Å². The number of hydrogen-bond donors (Lipinski definition) is 1. The van der Waals surface area contributed by atoms with E-state index >= 15 is 0 Å². The minimum atomic E-state index is 0.586. The summed E-state index contributed by atoms with van der Waals surface area (Å²) >= 11 is 0. The van der Waals surface area contributed by atoms with Gasteiger partial charge in [-0.25, -0.2) is 5.43 Å². The number of nitrogens with zero attached hydrogens (tertiary/aromatic N) is 1. The van der Waals surface area contributed by atoms with Crippen LogP contribution in [-0.4, -0.2) is 6.21 Å². The SMILES string of the molecule is [CH+]=C1C=CC=NN1. The molecule has 0 aromatic heterocycles. The normalized spacial score (nSPS) is 16.7. The van der Waals surface area contributed by atoms with Gasteiger partial charge < -0.3 is 0 Å². The molecular weight excluding hydrogens is 88.1 g/mol. The molecule has 1 aliphatic heterocycles. The molecule has 0 amide bonds. The smallest absolute Gasteiger partial charge is 0.235 e. The van der Waals surface area contributed by atoms with Crippen molar-refractivity contribution in [2.75, 3.05) is 0 Å². The van der Waals surface area contributed by atoms with E-state index in [0.717, 1.165) is 0 Å². The van der Waals surface area contributed by atoms with E-state index in [4.69, 9.17) is 6.58 Å². The minimum absolute atomic E-state index is 0.586. The van der Waals surface area contributed by atoms with Crippen molar-refractivity contribution in [2.24, 2.45) is 5.10 Å². The maximum absolute atomic E-state index is 5.24. The van der Waals surface area contributed by atoms with Crippen molar-refractivity contribution in [3.63, 3.8) is 0 Å². The molecule has 2 heteroatoms. The Hall–Kier alpha value is -1.14. The van der Waals surface area contributed by atoms with Gasteiger partial charge in [-0.05, 0) is 0 Å². The third kappa shape index (κ3) is 0.845. The lowest BCUT2D eigenvalue weighted by Gasteiger charge is -1.89. The Bertz CT molecular complexity index is 133. The second-order valence-corrected chi connectivity index (χ2v) is 1.20. The molecule has 0 unspecified atom stereocenters. The monoisotopic (exact) mass is 93.0 g/mol. The summed E-state index contributed by atoms with van der Waals surface area (Å²) in [4.78, 5) is 0. The van der Waals surface area contributed by atoms with E-state index in [-0.39, 0.29) is 0 Å². The molecule has 0 saturated heterocycles. The second kappa shape index (κ2) is 1.54. The molecule has 0 atom stereocenters. The Morgan fingerprint density at radius 1 is 1.71 bits per heavy atom. The molecule has 34 valence electrons. The van der Waals surface area contributed by atoms with Crippen molar-refractivity contribution in [1.29, 1.82) is 0 Å². The summed E-state index contributed by atoms with van der Waals surface area (Å²) in [6.45, 7) is 5.24. The zero-order valence-corrected chi connectivity index (χ0v) is 3.76. The first-order chi connectivity index (χ1) is 3.39. The van der Waals surface area contributed by atoms with Crippen molar-refractivity contribution < 1.29 is 0 Å². The van der Waals surface area contributed by atoms with Crippen LogP contribution in [0.1, 0.15) is 0 Å². The molecule has 0 aromatic carbocycles. The zero-order chi connectivity index (χ0) is 5.11. The van der Waals surface area contributed by atoms with Crippen molar-refractivity contribution in [2.45, 2.75) is 0 Å². The maximum Gasteiger partial charge on any atom is 0.273 e. The van der Waals surface area contributed by atoms with E-state index in [0.29, 0.717) is 5.70 Å². The first-order valence-corrected chi connectivity index (χ1v) is 1.98. The number of rotatable bonds is 0. The molecule has 0 fully saturated rings. The summed E-state index contributed by atoms with van der Waals surface area (Å²) < 4.78 is 0. The first-order valence-electron chi connectivity index (χ1n) is 1.98. The third-order valence-corrected chi connectivity index (χ3v) is 0.630. The summed E-state index contributed by atoms with van der Waals surface area (Å²) in [5, 5.41) is 3.63. The van der Waals surface area contributed by atoms with Gasteiger partial charge in [0.2, 0.25) is 0 Å². The fraction of sp³-hybridized carbons (Fsp3) is 0. The van der Waals surface area contributed by atoms with Gasteiger partial charge in [-0.2, -0.15) is 5.10 Å². The maximum atomic E-state index is 5.24. The Morgan fingerprint density at radius 2 is 2.57 bits per heavy atom. The third-order valence-electron chi connectivity index (χ3n) is 0.630. The van der Waals surface area contributed by atoms with Gasteiger partial charge >= 0.3 is 0 Å². The molecule has 0 saturated carbocycles. The van der Waals surface area contributed by atoms with Crippen LogP contribution in [0.25, 0.3) is 0 Å². The van der Waals surface area contributed by atoms with Crippen molar-refractivity contribution in [3.8, 4) is 0 Å². The van der Waals surface area contributed by atoms with Gasteiger partial charge in [0.1, 0.15) is 6.08 Å². The molecule has 1 aliphatic rings. The quantitative estimate of drug-likeness (QED) is 0.432. The Labute approximate surface area is 42.2 Å². The van der Waals surface area contributed by atoms with Crippen LogP contribution in [0.15, 0.2) is 23.0 Å². The van der Waals surface area contributed by atoms with Crippen LogP contribution in [0.2, 0.25) is 0 Å². The minimum Gasteiger partial charge on any atom is -0.235 e. The Balaban J connectivity index is 2.66. The number of hydrazone groups is 1. The molecule has 0 radical (unpaired) electrons. The molecular formula is C5H5N2+. The van der Waals surface area contributed by atoms with Crippen LogP contribution in [0, 0.1) is 6.58 Å². The zero-order valence-electron chi connectivity index (χ0n) is 3.76. The second-order valence-electron chi connectivity index (χ2n) is 1.20. The molecule has 1 rings (SSSR count). The highest BCUT2D eigenvalue weighted by Crippen LogP contribution is 1.88. The average molecular weight is 93.1 g/mol. The predicted molar refractivity (Wildman–Crippen MR) is 28.6 cm³/mol. The highest BCUT2D eigenvalue weighted by atomic mass is 15.3. The van der Waals surface area contributed by atoms with Crippen molar-refractivity contribution in [1.82, 2.24) is 5.43 Å². The molecule has 0 aliphatic carbocycles. The van der Waals surface area contributed by atoms with Crippen LogP contribution in [0.3, 0.4) is 0 Å². The average Bonchev–Trinajstić information content (AvgIpc) is 1.69. The topological polar surface area (TPSA) is 24.4 Å². The largest absolute Gasteiger partial charge is 0.273 e. The lowest BCUT2D eigenvalue weighted by molar-refractivity contribution is 0.919. The van der Waals surface area contributed by atoms with Gasteiger partial charge in [-0.15, -0.1) is 0 Å². The van der Waals surface area contributed by atoms with Crippen LogP contribution < -0.4 is 5.43 Å². The van der Waals surface area contributed by atoms with Gasteiger partial charge in [0.05, 0.1) is 12.8 Å². The summed E-state index contributed by atoms with van der Waals surface area (Å²) in [5.74, 6) is 0. The van der Waals surface area contributed by atoms with Crippen molar-refractivity contribution >= 4 is 6.21 Å². The number of hydrogen-bond acceptors (Lipinski definition) is 2. The van der Waals surface area contributed by atoms with Crippen LogP contribution in [0.5, 0.6) is 0 Å². The molecule has 0 bridgehead atoms. The van der Waals surface area contributed by atoms with Gasteiger partial charge in [-0.1, -0.05) is 0 Å². The van der Waals surface area contributed by atoms with E-state index in [9.17, 15) is 0 Å². The van der Waals surface area contributed by atoms with E-state index in [1.54, 1.807) is 18.4 Å². The van der Waals surface area contributed by atoms with E-state index in [1.807, 2.05) is 0 Å². The van der Waals surface area contributed by atoms with E-state index in [1.165, 1.54) is 0 Å². The summed E-state index contributed by atoms with van der Waals surface area (Å²) in [6, 6.07) is 0. The van der Waals surface area contributed by atoms with Crippen LogP contribution >= 0.6 is 0 Å². The van der Waals surface area contributed by atoms with Gasteiger partial charge in [-0.3, -0.25) is 0 Å². The summed E-state index contributed by atoms with van der Waals surface area (Å²) in [7, 11) is 0. The van der Waals surface area contributed by atoms with Gasteiger partial charge in [0.25, 0.3) is 5.70 Å². The lowest BCUT2D eigenvalue weighted by atomic mass is 10.4. The first kappa shape index (κ1) is 4.03. The lowest BCUT2D eigenvalue weighted by Crippen LogP contribution is -2.04. The molecule has 0 aromatic rings. The summed E-state index contributed by atoms with van der Waals surface area (Å²) in [6.07, 6.45) is 5.15. The van der Waals surface area contributed by atoms with Crippen molar-refractivity contribution in [3.05, 3.63) is 24.4 Å². The van der Waals surface area contributed by atoms with E-state index < -0.39 is 0 Å². The van der Waals surface area contributed by atoms with Crippen LogP contribution in [-0.2, 0) is 0 Å². The predicted octanol–water partition coefficient (Wildman–Crippen LogP) is 0.448. The number of allylic oxidation sites excluding steroid dienone is 2. The Morgan fingerprint density at radius 3 is 2.86 bits per heavy atom. The highest BCUT2D eigenvalue weighted by molar-refractivity contribution is 5.72. The highest BCUT2D eigenvalue weighted by Gasteiger charge is 1.95. The molecule has 2 nitrogen and oxygen atoms in total. The van der Waals surface area contributed by atoms with Gasteiger partial charge in [0.15, 0.2) is 0 Å². The summed E-state index contributed by atoms with van der Waals surface area (Å²) in [5.41, 5.74) is 3.14. The molecule has 1 N–H and O–H groups in total. The molecule has 1 heterocycles. The molecule has 0 spiro atoms. The van der Waals surface area contributed by atoms with Crippen LogP contribution in [0.4, 0.5) is 0 Å². The van der Waals surface area contributed by atoms with E-state index in [2.05, 4.69) is 10.5 Å². The Kier molecular flexibility index (Phi) is 0.886. The molecule has 7 heavy (non-hydrogen) atoms. The standard InChI is InChI=1S/C5H5N2/c1-5-3-2-4-6-7-5/h1-4,7H/q+1. The fourth-order valence-corrected chi connectivity index (χ4v) is 0.339.